The number of aryl methyl sites for hydroxylation is 3. The molecule has 0 radical (unpaired) electrons. The fourth-order valence-corrected chi connectivity index (χ4v) is 10.9. The van der Waals surface area contributed by atoms with Crippen molar-refractivity contribution < 1.29 is 15.3 Å². The summed E-state index contributed by atoms with van der Waals surface area (Å²) in [7, 11) is 0. The lowest BCUT2D eigenvalue weighted by atomic mass is 9.96. The van der Waals surface area contributed by atoms with E-state index in [4.69, 9.17) is 0 Å². The third-order valence-electron chi connectivity index (χ3n) is 14.9. The Morgan fingerprint density at radius 3 is 1.73 bits per heavy atom. The molecule has 0 fully saturated rings. The Kier molecular flexibility index (Phi) is 15.2. The minimum absolute atomic E-state index is 0.151. The first-order valence-corrected chi connectivity index (χ1v) is 25.1. The summed E-state index contributed by atoms with van der Waals surface area (Å²) in [5.74, 6) is -0.493. The van der Waals surface area contributed by atoms with E-state index < -0.39 is 0 Å². The summed E-state index contributed by atoms with van der Waals surface area (Å²) in [5, 5.41) is 28.8. The van der Waals surface area contributed by atoms with Crippen LogP contribution in [0.15, 0.2) is 154 Å². The first kappa shape index (κ1) is 49.0. The van der Waals surface area contributed by atoms with Gasteiger partial charge in [-0.1, -0.05) is 115 Å². The van der Waals surface area contributed by atoms with Crippen molar-refractivity contribution >= 4 is 0 Å². The van der Waals surface area contributed by atoms with Gasteiger partial charge in [-0.25, -0.2) is 0 Å². The number of aromatic nitrogens is 3. The Morgan fingerprint density at radius 2 is 1.10 bits per heavy atom. The fourth-order valence-electron chi connectivity index (χ4n) is 10.9. The molecule has 0 saturated heterocycles. The van der Waals surface area contributed by atoms with E-state index in [0.29, 0.717) is 18.6 Å². The molecule has 0 saturated carbocycles. The Hall–Kier alpha value is -6.99. The summed E-state index contributed by atoms with van der Waals surface area (Å²) >= 11 is 0. The van der Waals surface area contributed by atoms with Crippen molar-refractivity contribution in [3.8, 4) is 17.2 Å². The minimum atomic E-state index is -0.308. The maximum atomic E-state index is 11.8. The third kappa shape index (κ3) is 11.5. The number of hydrogen-bond acceptors (Lipinski definition) is 9. The highest BCUT2D eigenvalue weighted by molar-refractivity contribution is 5.34. The zero-order valence-corrected chi connectivity index (χ0v) is 41.2. The Morgan fingerprint density at radius 1 is 0.563 bits per heavy atom. The average Bonchev–Trinajstić information content (AvgIpc) is 3.61. The highest BCUT2D eigenvalue weighted by Crippen LogP contribution is 2.36. The Labute approximate surface area is 415 Å². The number of fused-ring (bicyclic) bond motifs is 4. The molecule has 12 heteroatoms. The van der Waals surface area contributed by atoms with Crippen LogP contribution in [-0.2, 0) is 52.1 Å². The topological polar surface area (TPSA) is 136 Å². The highest BCUT2D eigenvalue weighted by atomic mass is 16.3. The fraction of sp³-hybridized carbons (Fsp3) is 0.339. The maximum absolute atomic E-state index is 11.8. The van der Waals surface area contributed by atoms with Crippen LogP contribution in [0.2, 0.25) is 0 Å². The number of benzene rings is 4. The van der Waals surface area contributed by atoms with Crippen LogP contribution in [0.3, 0.4) is 0 Å². The molecule has 6 heterocycles. The lowest BCUT2D eigenvalue weighted by Crippen LogP contribution is -2.38. The van der Waals surface area contributed by atoms with Crippen molar-refractivity contribution in [2.75, 3.05) is 19.6 Å². The second-order valence-electron chi connectivity index (χ2n) is 19.6. The predicted octanol–water partition coefficient (Wildman–Crippen LogP) is 8.94. The summed E-state index contributed by atoms with van der Waals surface area (Å²) in [6.07, 6.45) is 10.5. The zero-order valence-electron chi connectivity index (χ0n) is 41.2. The van der Waals surface area contributed by atoms with Gasteiger partial charge in [-0.2, -0.15) is 0 Å². The van der Waals surface area contributed by atoms with Crippen LogP contribution in [-0.4, -0.2) is 63.4 Å². The molecule has 3 N–H and O–H groups in total. The second-order valence-corrected chi connectivity index (χ2v) is 19.6. The van der Waals surface area contributed by atoms with Gasteiger partial charge in [0.1, 0.15) is 0 Å². The number of pyridine rings is 3. The molecular weight excluding hydrogens is 889 g/mol. The van der Waals surface area contributed by atoms with Crippen molar-refractivity contribution in [1.29, 1.82) is 0 Å². The van der Waals surface area contributed by atoms with Gasteiger partial charge in [0.15, 0.2) is 17.2 Å². The second kappa shape index (κ2) is 22.0. The molecular formula is C59H66N6O6. The van der Waals surface area contributed by atoms with Gasteiger partial charge in [0.2, 0.25) is 16.3 Å². The van der Waals surface area contributed by atoms with Gasteiger partial charge in [0.25, 0.3) is 0 Å². The van der Waals surface area contributed by atoms with Crippen molar-refractivity contribution in [1.82, 2.24) is 28.4 Å². The van der Waals surface area contributed by atoms with E-state index in [-0.39, 0.29) is 39.6 Å². The quantitative estimate of drug-likeness (QED) is 0.134. The van der Waals surface area contributed by atoms with Crippen molar-refractivity contribution in [2.45, 2.75) is 110 Å². The Bertz CT molecular complexity index is 3150. The van der Waals surface area contributed by atoms with Crippen LogP contribution in [0.25, 0.3) is 0 Å². The van der Waals surface area contributed by atoms with Gasteiger partial charge in [-0.3, -0.25) is 29.1 Å². The zero-order chi connectivity index (χ0) is 49.6. The van der Waals surface area contributed by atoms with Gasteiger partial charge in [0.05, 0.1) is 18.6 Å². The molecule has 3 atom stereocenters. The van der Waals surface area contributed by atoms with Gasteiger partial charge < -0.3 is 29.0 Å². The van der Waals surface area contributed by atoms with Crippen LogP contribution in [0.4, 0.5) is 0 Å². The van der Waals surface area contributed by atoms with E-state index in [9.17, 15) is 29.7 Å². The number of aromatic hydroxyl groups is 3. The summed E-state index contributed by atoms with van der Waals surface area (Å²) in [6, 6.07) is 42.1. The molecule has 3 unspecified atom stereocenters. The maximum Gasteiger partial charge on any atom is 0.223 e. The van der Waals surface area contributed by atoms with Gasteiger partial charge in [0, 0.05) is 112 Å². The molecule has 4 aliphatic rings. The van der Waals surface area contributed by atoms with Crippen molar-refractivity contribution in [3.63, 3.8) is 0 Å². The lowest BCUT2D eigenvalue weighted by Gasteiger charge is -2.37. The summed E-state index contributed by atoms with van der Waals surface area (Å²) < 4.78 is 5.97. The van der Waals surface area contributed by atoms with E-state index in [1.807, 2.05) is 25.8 Å². The minimum Gasteiger partial charge on any atom is -0.503 e. The molecule has 11 rings (SSSR count). The summed E-state index contributed by atoms with van der Waals surface area (Å²) in [4.78, 5) is 42.5. The van der Waals surface area contributed by atoms with Crippen molar-refractivity contribution in [2.24, 2.45) is 0 Å². The molecule has 4 aromatic carbocycles. The van der Waals surface area contributed by atoms with Gasteiger partial charge in [-0.05, 0) is 79.8 Å². The summed E-state index contributed by atoms with van der Waals surface area (Å²) in [5.41, 5.74) is 11.5. The molecule has 3 aliphatic heterocycles. The lowest BCUT2D eigenvalue weighted by molar-refractivity contribution is 0.145. The molecule has 368 valence electrons. The molecule has 0 amide bonds. The van der Waals surface area contributed by atoms with Crippen LogP contribution in [0.1, 0.15) is 100 Å². The van der Waals surface area contributed by atoms with Crippen LogP contribution in [0.5, 0.6) is 17.2 Å². The smallest absolute Gasteiger partial charge is 0.223 e. The van der Waals surface area contributed by atoms with Gasteiger partial charge >= 0.3 is 0 Å². The van der Waals surface area contributed by atoms with E-state index in [2.05, 4.69) is 126 Å². The Balaban J connectivity index is 0.000000132. The molecule has 71 heavy (non-hydrogen) atoms. The highest BCUT2D eigenvalue weighted by Gasteiger charge is 2.29. The number of hydrogen-bond donors (Lipinski definition) is 3. The van der Waals surface area contributed by atoms with E-state index in [0.717, 1.165) is 75.9 Å². The first-order valence-electron chi connectivity index (χ1n) is 25.1. The molecule has 0 spiro atoms. The molecule has 12 nitrogen and oxygen atoms in total. The van der Waals surface area contributed by atoms with Crippen LogP contribution >= 0.6 is 0 Å². The van der Waals surface area contributed by atoms with Crippen LogP contribution in [0, 0.1) is 13.8 Å². The predicted molar refractivity (Wildman–Crippen MR) is 279 cm³/mol. The normalized spacial score (nSPS) is 17.6. The molecule has 0 bridgehead atoms. The SMILES string of the molecule is Cc1ccc(C)c(C(C)N2CCn3cc(O)c(=O)cc3C2)c1.O=c1cc2n(cc1O)CCN(C(Cc1ccccc1)c1ccccc1)C2.O=c1cc2n(cc1O)CCN(C1CCCCc3ccccc31)C2. The van der Waals surface area contributed by atoms with E-state index in [1.54, 1.807) is 36.8 Å². The third-order valence-corrected chi connectivity index (χ3v) is 14.9. The standard InChI is InChI=1S/C22H22N2O2.C19H22N2O2.C18H22N2O2/c25-21-14-19-15-24(12-11-23(19)16-22(21)26)20(18-9-5-2-6-10-18)13-17-7-3-1-4-8-17;22-18-11-15-12-21(10-9-20(15)13-19(18)23)17-8-4-2-6-14-5-1-3-7-16(14)17;1-12-4-5-13(2)16(8-12)14(3)19-6-7-20-11-18(22)17(21)9-15(20)10-19/h1-10,14,16,20,26H,11-13,15H2;1,3,5,7,11,13,17,23H,2,4,6,8-10,12H2;4-5,8-9,11,14,22H,6-7,10H2,1-3H3. The number of nitrogens with zero attached hydrogens (tertiary/aromatic N) is 6. The van der Waals surface area contributed by atoms with Crippen LogP contribution < -0.4 is 16.3 Å². The molecule has 1 aliphatic carbocycles. The van der Waals surface area contributed by atoms with Crippen molar-refractivity contribution in [3.05, 3.63) is 227 Å². The number of rotatable bonds is 7. The summed E-state index contributed by atoms with van der Waals surface area (Å²) in [6.45, 7) is 13.8. The first-order chi connectivity index (χ1) is 34.4. The van der Waals surface area contributed by atoms with E-state index >= 15 is 0 Å². The molecule has 7 aromatic rings. The van der Waals surface area contributed by atoms with E-state index in [1.165, 1.54) is 64.6 Å². The average molecular weight is 955 g/mol. The molecule has 3 aromatic heterocycles. The van der Waals surface area contributed by atoms with Gasteiger partial charge in [-0.15, -0.1) is 0 Å². The largest absolute Gasteiger partial charge is 0.503 e. The monoisotopic (exact) mass is 955 g/mol.